The van der Waals surface area contributed by atoms with Crippen LogP contribution in [-0.2, 0) is 0 Å². The van der Waals surface area contributed by atoms with E-state index < -0.39 is 0 Å². The van der Waals surface area contributed by atoms with Crippen molar-refractivity contribution >= 4 is 17.5 Å². The summed E-state index contributed by atoms with van der Waals surface area (Å²) in [4.78, 5) is 11.6. The van der Waals surface area contributed by atoms with Crippen LogP contribution in [0.2, 0.25) is 5.02 Å². The Kier molecular flexibility index (Phi) is 2.33. The van der Waals surface area contributed by atoms with Crippen LogP contribution in [-0.4, -0.2) is 19.1 Å². The van der Waals surface area contributed by atoms with Gasteiger partial charge < -0.3 is 10.1 Å². The summed E-state index contributed by atoms with van der Waals surface area (Å²) in [5, 5.41) is 3.23. The lowest BCUT2D eigenvalue weighted by Gasteiger charge is -2.09. The molecule has 0 aliphatic carbocycles. The van der Waals surface area contributed by atoms with E-state index in [2.05, 4.69) is 5.32 Å². The Morgan fingerprint density at radius 1 is 1.50 bits per heavy atom. The van der Waals surface area contributed by atoms with Gasteiger partial charge in [-0.15, -0.1) is 0 Å². The Bertz CT molecular complexity index is 390. The number of amides is 1. The number of hydrogen-bond donors (Lipinski definition) is 1. The first-order chi connectivity index (χ1) is 6.70. The van der Waals surface area contributed by atoms with Crippen LogP contribution >= 0.6 is 11.6 Å². The van der Waals surface area contributed by atoms with E-state index in [1.165, 1.54) is 0 Å². The molecular weight excluding hydrogens is 202 g/mol. The molecule has 1 heterocycles. The zero-order valence-corrected chi connectivity index (χ0v) is 8.52. The molecule has 1 amide bonds. The highest BCUT2D eigenvalue weighted by Gasteiger charge is 2.20. The van der Waals surface area contributed by atoms with Crippen molar-refractivity contribution in [2.24, 2.45) is 0 Å². The third-order valence-electron chi connectivity index (χ3n) is 2.18. The quantitative estimate of drug-likeness (QED) is 0.710. The summed E-state index contributed by atoms with van der Waals surface area (Å²) in [6.45, 7) is 2.84. The third-order valence-corrected chi connectivity index (χ3v) is 2.48. The minimum absolute atomic E-state index is 0.113. The van der Waals surface area contributed by atoms with Crippen molar-refractivity contribution in [3.8, 4) is 5.75 Å². The van der Waals surface area contributed by atoms with Crippen LogP contribution < -0.4 is 10.1 Å². The fourth-order valence-electron chi connectivity index (χ4n) is 1.49. The van der Waals surface area contributed by atoms with Gasteiger partial charge in [0.25, 0.3) is 5.91 Å². The van der Waals surface area contributed by atoms with Crippen LogP contribution in [0, 0.1) is 6.92 Å². The Balaban J connectivity index is 2.62. The standard InChI is InChI=1S/C10H10ClNO2/c1-6-2-3-7(11)9-8(6)10(13)12-4-5-14-9/h2-3H,4-5H2,1H3,(H,12,13). The van der Waals surface area contributed by atoms with Crippen LogP contribution in [0.15, 0.2) is 12.1 Å². The van der Waals surface area contributed by atoms with Crippen LogP contribution in [0.25, 0.3) is 0 Å². The molecule has 0 unspecified atom stereocenters. The maximum atomic E-state index is 11.6. The molecule has 1 N–H and O–H groups in total. The molecule has 2 rings (SSSR count). The molecule has 14 heavy (non-hydrogen) atoms. The Hall–Kier alpha value is -1.22. The molecule has 1 aliphatic heterocycles. The smallest absolute Gasteiger partial charge is 0.255 e. The number of fused-ring (bicyclic) bond motifs is 1. The Morgan fingerprint density at radius 3 is 3.07 bits per heavy atom. The predicted molar refractivity (Wildman–Crippen MR) is 54.0 cm³/mol. The van der Waals surface area contributed by atoms with Crippen molar-refractivity contribution < 1.29 is 9.53 Å². The first-order valence-electron chi connectivity index (χ1n) is 4.40. The first kappa shape index (κ1) is 9.34. The number of nitrogens with one attached hydrogen (secondary N) is 1. The van der Waals surface area contributed by atoms with Gasteiger partial charge in [0, 0.05) is 0 Å². The molecule has 0 bridgehead atoms. The summed E-state index contributed by atoms with van der Waals surface area (Å²) in [5.74, 6) is 0.388. The van der Waals surface area contributed by atoms with Crippen molar-refractivity contribution in [2.75, 3.05) is 13.2 Å². The average molecular weight is 212 g/mol. The van der Waals surface area contributed by atoms with Gasteiger partial charge in [0.15, 0.2) is 5.75 Å². The molecule has 1 aromatic rings. The zero-order valence-electron chi connectivity index (χ0n) is 7.76. The molecule has 0 atom stereocenters. The number of carbonyl (C=O) groups is 1. The number of rotatable bonds is 0. The summed E-state index contributed by atoms with van der Waals surface area (Å²) >= 11 is 5.95. The van der Waals surface area contributed by atoms with Gasteiger partial charge in [-0.25, -0.2) is 0 Å². The molecule has 74 valence electrons. The minimum Gasteiger partial charge on any atom is -0.489 e. The van der Waals surface area contributed by atoms with Gasteiger partial charge in [0.1, 0.15) is 6.61 Å². The Labute approximate surface area is 87.0 Å². The number of benzene rings is 1. The normalized spacial score (nSPS) is 15.1. The van der Waals surface area contributed by atoms with E-state index in [0.717, 1.165) is 5.56 Å². The maximum absolute atomic E-state index is 11.6. The second-order valence-corrected chi connectivity index (χ2v) is 3.58. The third kappa shape index (κ3) is 1.44. The minimum atomic E-state index is -0.113. The molecule has 0 saturated heterocycles. The van der Waals surface area contributed by atoms with E-state index in [1.807, 2.05) is 13.0 Å². The SMILES string of the molecule is Cc1ccc(Cl)c2c1C(=O)NCCO2. The number of aryl methyl sites for hydroxylation is 1. The van der Waals surface area contributed by atoms with Gasteiger partial charge in [0.2, 0.25) is 0 Å². The van der Waals surface area contributed by atoms with E-state index in [9.17, 15) is 4.79 Å². The van der Waals surface area contributed by atoms with Crippen molar-refractivity contribution in [1.29, 1.82) is 0 Å². The van der Waals surface area contributed by atoms with E-state index >= 15 is 0 Å². The van der Waals surface area contributed by atoms with Crippen molar-refractivity contribution in [1.82, 2.24) is 5.32 Å². The van der Waals surface area contributed by atoms with Gasteiger partial charge in [-0.3, -0.25) is 4.79 Å². The molecular formula is C10H10ClNO2. The van der Waals surface area contributed by atoms with Crippen molar-refractivity contribution in [3.63, 3.8) is 0 Å². The first-order valence-corrected chi connectivity index (χ1v) is 4.78. The topological polar surface area (TPSA) is 38.3 Å². The van der Waals surface area contributed by atoms with Gasteiger partial charge in [-0.05, 0) is 18.6 Å². The highest BCUT2D eigenvalue weighted by Crippen LogP contribution is 2.31. The lowest BCUT2D eigenvalue weighted by Crippen LogP contribution is -2.24. The fourth-order valence-corrected chi connectivity index (χ4v) is 1.70. The summed E-state index contributed by atoms with van der Waals surface area (Å²) < 4.78 is 5.42. The van der Waals surface area contributed by atoms with Crippen LogP contribution in [0.3, 0.4) is 0 Å². The Morgan fingerprint density at radius 2 is 2.29 bits per heavy atom. The number of carbonyl (C=O) groups excluding carboxylic acids is 1. The zero-order chi connectivity index (χ0) is 10.1. The van der Waals surface area contributed by atoms with E-state index in [0.29, 0.717) is 29.5 Å². The highest BCUT2D eigenvalue weighted by atomic mass is 35.5. The summed E-state index contributed by atoms with van der Waals surface area (Å²) in [5.41, 5.74) is 1.43. The highest BCUT2D eigenvalue weighted by molar-refractivity contribution is 6.32. The second-order valence-electron chi connectivity index (χ2n) is 3.17. The van der Waals surface area contributed by atoms with Gasteiger partial charge in [-0.1, -0.05) is 17.7 Å². The number of halogens is 1. The summed E-state index contributed by atoms with van der Waals surface area (Å²) in [6.07, 6.45) is 0. The lowest BCUT2D eigenvalue weighted by molar-refractivity contribution is 0.0956. The van der Waals surface area contributed by atoms with Crippen LogP contribution in [0.1, 0.15) is 15.9 Å². The average Bonchev–Trinajstić information content (AvgIpc) is 2.35. The fraction of sp³-hybridized carbons (Fsp3) is 0.300. The van der Waals surface area contributed by atoms with Crippen molar-refractivity contribution in [2.45, 2.75) is 6.92 Å². The molecule has 0 radical (unpaired) electrons. The predicted octanol–water partition coefficient (Wildman–Crippen LogP) is 1.77. The van der Waals surface area contributed by atoms with Gasteiger partial charge >= 0.3 is 0 Å². The molecule has 0 aromatic heterocycles. The number of hydrogen-bond acceptors (Lipinski definition) is 2. The largest absolute Gasteiger partial charge is 0.489 e. The molecule has 4 heteroatoms. The molecule has 3 nitrogen and oxygen atoms in total. The maximum Gasteiger partial charge on any atom is 0.255 e. The summed E-state index contributed by atoms with van der Waals surface area (Å²) in [7, 11) is 0. The van der Waals surface area contributed by atoms with Gasteiger partial charge in [-0.2, -0.15) is 0 Å². The van der Waals surface area contributed by atoms with E-state index in [4.69, 9.17) is 16.3 Å². The monoisotopic (exact) mass is 211 g/mol. The second kappa shape index (κ2) is 3.50. The molecule has 0 saturated carbocycles. The molecule has 1 aromatic carbocycles. The van der Waals surface area contributed by atoms with Crippen LogP contribution in [0.5, 0.6) is 5.75 Å². The molecule has 0 fully saturated rings. The van der Waals surface area contributed by atoms with Gasteiger partial charge in [0.05, 0.1) is 17.1 Å². The van der Waals surface area contributed by atoms with Crippen molar-refractivity contribution in [3.05, 3.63) is 28.3 Å². The summed E-state index contributed by atoms with van der Waals surface area (Å²) in [6, 6.07) is 3.56. The number of ether oxygens (including phenoxy) is 1. The molecule has 1 aliphatic rings. The van der Waals surface area contributed by atoms with E-state index in [1.54, 1.807) is 6.07 Å². The molecule has 0 spiro atoms. The van der Waals surface area contributed by atoms with E-state index in [-0.39, 0.29) is 5.91 Å². The van der Waals surface area contributed by atoms with Crippen LogP contribution in [0.4, 0.5) is 0 Å². The lowest BCUT2D eigenvalue weighted by atomic mass is 10.1.